The molecule has 1 aromatic rings. The largest absolute Gasteiger partial charge is 0.352 e. The van der Waals surface area contributed by atoms with Crippen LogP contribution < -0.4 is 5.32 Å². The van der Waals surface area contributed by atoms with Gasteiger partial charge in [0.05, 0.1) is 0 Å². The lowest BCUT2D eigenvalue weighted by Gasteiger charge is -2.35. The van der Waals surface area contributed by atoms with E-state index in [0.29, 0.717) is 23.7 Å². The van der Waals surface area contributed by atoms with Gasteiger partial charge in [0.15, 0.2) is 0 Å². The number of hydrogen-bond donors (Lipinski definition) is 1. The monoisotopic (exact) mass is 290 g/mol. The zero-order valence-corrected chi connectivity index (χ0v) is 13.3. The van der Waals surface area contributed by atoms with Crippen LogP contribution in [0.25, 0.3) is 0 Å². The van der Waals surface area contributed by atoms with Crippen LogP contribution in [0, 0.1) is 0 Å². The Morgan fingerprint density at radius 2 is 2.29 bits per heavy atom. The fraction of sp³-hybridized carbons (Fsp3) is 0.688. The molecule has 1 saturated heterocycles. The van der Waals surface area contributed by atoms with E-state index in [9.17, 15) is 4.79 Å². The second-order valence-corrected chi connectivity index (χ2v) is 5.78. The van der Waals surface area contributed by atoms with Crippen LogP contribution in [0.2, 0.25) is 0 Å². The average molecular weight is 290 g/mol. The van der Waals surface area contributed by atoms with E-state index in [-0.39, 0.29) is 5.91 Å². The highest BCUT2D eigenvalue weighted by atomic mass is 16.2. The molecule has 2 heterocycles. The standard InChI is InChI=1S/C16H26N4O/c1-4-12(3)18-16-17-10-9-14(19-16)15(21)20-11-7-6-8-13(20)5-2/h9-10,12-13H,4-8,11H2,1-3H3,(H,17,18,19). The third kappa shape index (κ3) is 3.93. The molecular weight excluding hydrogens is 264 g/mol. The van der Waals surface area contributed by atoms with E-state index in [2.05, 4.69) is 36.1 Å². The Hall–Kier alpha value is -1.65. The predicted octanol–water partition coefficient (Wildman–Crippen LogP) is 3.09. The van der Waals surface area contributed by atoms with Gasteiger partial charge in [0.1, 0.15) is 5.69 Å². The van der Waals surface area contributed by atoms with E-state index < -0.39 is 0 Å². The first-order chi connectivity index (χ1) is 10.2. The van der Waals surface area contributed by atoms with Crippen molar-refractivity contribution in [1.29, 1.82) is 0 Å². The first-order valence-electron chi connectivity index (χ1n) is 8.06. The fourth-order valence-corrected chi connectivity index (χ4v) is 2.71. The minimum Gasteiger partial charge on any atom is -0.352 e. The second kappa shape index (κ2) is 7.38. The van der Waals surface area contributed by atoms with Gasteiger partial charge in [-0.25, -0.2) is 9.97 Å². The van der Waals surface area contributed by atoms with Crippen LogP contribution >= 0.6 is 0 Å². The number of carbonyl (C=O) groups excluding carboxylic acids is 1. The van der Waals surface area contributed by atoms with Crippen molar-refractivity contribution in [2.75, 3.05) is 11.9 Å². The van der Waals surface area contributed by atoms with E-state index in [4.69, 9.17) is 0 Å². The van der Waals surface area contributed by atoms with Crippen molar-refractivity contribution < 1.29 is 4.79 Å². The molecule has 1 amide bonds. The highest BCUT2D eigenvalue weighted by Crippen LogP contribution is 2.21. The van der Waals surface area contributed by atoms with E-state index in [1.54, 1.807) is 12.3 Å². The van der Waals surface area contributed by atoms with Crippen LogP contribution in [0.3, 0.4) is 0 Å². The summed E-state index contributed by atoms with van der Waals surface area (Å²) in [6.07, 6.45) is 7.07. The Morgan fingerprint density at radius 1 is 1.48 bits per heavy atom. The first-order valence-corrected chi connectivity index (χ1v) is 8.06. The molecule has 1 fully saturated rings. The van der Waals surface area contributed by atoms with Crippen LogP contribution in [0.4, 0.5) is 5.95 Å². The molecule has 1 N–H and O–H groups in total. The smallest absolute Gasteiger partial charge is 0.272 e. The van der Waals surface area contributed by atoms with E-state index in [1.165, 1.54) is 6.42 Å². The molecular formula is C16H26N4O. The zero-order chi connectivity index (χ0) is 15.2. The molecule has 0 bridgehead atoms. The maximum atomic E-state index is 12.7. The molecule has 5 heteroatoms. The average Bonchev–Trinajstić information content (AvgIpc) is 2.54. The van der Waals surface area contributed by atoms with Gasteiger partial charge in [0, 0.05) is 24.8 Å². The lowest BCUT2D eigenvalue weighted by molar-refractivity contribution is 0.0602. The number of anilines is 1. The predicted molar refractivity (Wildman–Crippen MR) is 84.4 cm³/mol. The summed E-state index contributed by atoms with van der Waals surface area (Å²) in [6, 6.07) is 2.37. The number of rotatable bonds is 5. The second-order valence-electron chi connectivity index (χ2n) is 5.78. The number of nitrogens with zero attached hydrogens (tertiary/aromatic N) is 3. The van der Waals surface area contributed by atoms with Crippen molar-refractivity contribution in [2.24, 2.45) is 0 Å². The SMILES string of the molecule is CCC(C)Nc1nccc(C(=O)N2CCCCC2CC)n1. The molecule has 0 spiro atoms. The fourth-order valence-electron chi connectivity index (χ4n) is 2.71. The van der Waals surface area contributed by atoms with Crippen molar-refractivity contribution in [3.8, 4) is 0 Å². The van der Waals surface area contributed by atoms with Gasteiger partial charge < -0.3 is 10.2 Å². The van der Waals surface area contributed by atoms with Gasteiger partial charge >= 0.3 is 0 Å². The molecule has 2 rings (SSSR count). The van der Waals surface area contributed by atoms with Gasteiger partial charge in [0.25, 0.3) is 5.91 Å². The van der Waals surface area contributed by atoms with Gasteiger partial charge in [-0.2, -0.15) is 0 Å². The number of carbonyl (C=O) groups is 1. The van der Waals surface area contributed by atoms with Crippen molar-refractivity contribution in [3.05, 3.63) is 18.0 Å². The lowest BCUT2D eigenvalue weighted by atomic mass is 9.99. The summed E-state index contributed by atoms with van der Waals surface area (Å²) in [5.74, 6) is 0.580. The third-order valence-electron chi connectivity index (χ3n) is 4.22. The number of likely N-dealkylation sites (tertiary alicyclic amines) is 1. The highest BCUT2D eigenvalue weighted by Gasteiger charge is 2.27. The molecule has 0 radical (unpaired) electrons. The zero-order valence-electron chi connectivity index (χ0n) is 13.3. The maximum Gasteiger partial charge on any atom is 0.272 e. The van der Waals surface area contributed by atoms with Crippen molar-refractivity contribution >= 4 is 11.9 Å². The molecule has 116 valence electrons. The Bertz CT molecular complexity index is 477. The normalized spacial score (nSPS) is 20.1. The molecule has 0 saturated carbocycles. The van der Waals surface area contributed by atoms with Gasteiger partial charge in [-0.3, -0.25) is 4.79 Å². The van der Waals surface area contributed by atoms with Crippen LogP contribution in [-0.4, -0.2) is 39.4 Å². The Morgan fingerprint density at radius 3 is 3.00 bits per heavy atom. The maximum absolute atomic E-state index is 12.7. The summed E-state index contributed by atoms with van der Waals surface area (Å²) in [7, 11) is 0. The third-order valence-corrected chi connectivity index (χ3v) is 4.22. The van der Waals surface area contributed by atoms with Gasteiger partial charge in [0.2, 0.25) is 5.95 Å². The van der Waals surface area contributed by atoms with E-state index >= 15 is 0 Å². The molecule has 0 aromatic carbocycles. The molecule has 5 nitrogen and oxygen atoms in total. The Kier molecular flexibility index (Phi) is 5.53. The van der Waals surface area contributed by atoms with Gasteiger partial charge in [-0.05, 0) is 45.1 Å². The summed E-state index contributed by atoms with van der Waals surface area (Å²) in [6.45, 7) is 7.17. The summed E-state index contributed by atoms with van der Waals surface area (Å²) in [4.78, 5) is 23.3. The molecule has 1 aliphatic rings. The molecule has 21 heavy (non-hydrogen) atoms. The quantitative estimate of drug-likeness (QED) is 0.905. The summed E-state index contributed by atoms with van der Waals surface area (Å²) < 4.78 is 0. The number of aromatic nitrogens is 2. The minimum atomic E-state index is 0.0381. The number of hydrogen-bond acceptors (Lipinski definition) is 4. The van der Waals surface area contributed by atoms with Crippen molar-refractivity contribution in [3.63, 3.8) is 0 Å². The van der Waals surface area contributed by atoms with Crippen molar-refractivity contribution in [2.45, 2.75) is 65.0 Å². The Labute approximate surface area is 127 Å². The summed E-state index contributed by atoms with van der Waals surface area (Å²) in [5, 5.41) is 3.22. The Balaban J connectivity index is 2.13. The van der Waals surface area contributed by atoms with E-state index in [1.807, 2.05) is 4.90 Å². The summed E-state index contributed by atoms with van der Waals surface area (Å²) >= 11 is 0. The van der Waals surface area contributed by atoms with Crippen LogP contribution in [0.15, 0.2) is 12.3 Å². The number of piperidine rings is 1. The number of nitrogens with one attached hydrogen (secondary N) is 1. The topological polar surface area (TPSA) is 58.1 Å². The first kappa shape index (κ1) is 15.7. The molecule has 1 aromatic heterocycles. The van der Waals surface area contributed by atoms with Gasteiger partial charge in [-0.15, -0.1) is 0 Å². The molecule has 1 aliphatic heterocycles. The van der Waals surface area contributed by atoms with Crippen LogP contribution in [0.1, 0.15) is 63.4 Å². The molecule has 2 unspecified atom stereocenters. The van der Waals surface area contributed by atoms with Crippen LogP contribution in [-0.2, 0) is 0 Å². The van der Waals surface area contributed by atoms with E-state index in [0.717, 1.165) is 32.2 Å². The van der Waals surface area contributed by atoms with Crippen LogP contribution in [0.5, 0.6) is 0 Å². The highest BCUT2D eigenvalue weighted by molar-refractivity contribution is 5.92. The lowest BCUT2D eigenvalue weighted by Crippen LogP contribution is -2.43. The summed E-state index contributed by atoms with van der Waals surface area (Å²) in [5.41, 5.74) is 0.496. The van der Waals surface area contributed by atoms with Crippen molar-refractivity contribution in [1.82, 2.24) is 14.9 Å². The molecule has 0 aliphatic carbocycles. The molecule has 2 atom stereocenters. The minimum absolute atomic E-state index is 0.0381. The number of amides is 1. The van der Waals surface area contributed by atoms with Gasteiger partial charge in [-0.1, -0.05) is 13.8 Å².